The molecule has 0 aromatic heterocycles. The summed E-state index contributed by atoms with van der Waals surface area (Å²) in [5, 5.41) is 5.44. The number of Topliss-reactive ketones (excluding diaryl/α,β-unsaturated/α-hetero) is 1. The van der Waals surface area contributed by atoms with Crippen molar-refractivity contribution in [3.8, 4) is 22.3 Å². The molecule has 1 atom stereocenters. The molecule has 0 unspecified atom stereocenters. The molecule has 0 aliphatic carbocycles. The van der Waals surface area contributed by atoms with Gasteiger partial charge in [-0.15, -0.1) is 0 Å². The van der Waals surface area contributed by atoms with Crippen LogP contribution in [0.25, 0.3) is 22.3 Å². The predicted molar refractivity (Wildman–Crippen MR) is 194 cm³/mol. The number of nitrogens with one attached hydrogen (secondary N) is 2. The van der Waals surface area contributed by atoms with Gasteiger partial charge >= 0.3 is 6.18 Å². The van der Waals surface area contributed by atoms with Gasteiger partial charge in [0.2, 0.25) is 5.91 Å². The van der Waals surface area contributed by atoms with Crippen molar-refractivity contribution < 1.29 is 40.5 Å². The van der Waals surface area contributed by atoms with Gasteiger partial charge in [0, 0.05) is 23.4 Å². The van der Waals surface area contributed by atoms with E-state index in [1.807, 2.05) is 44.2 Å². The third kappa shape index (κ3) is 9.80. The molecule has 0 fully saturated rings. The van der Waals surface area contributed by atoms with E-state index in [4.69, 9.17) is 4.55 Å². The van der Waals surface area contributed by atoms with Gasteiger partial charge in [0.05, 0.1) is 11.7 Å². The van der Waals surface area contributed by atoms with E-state index in [2.05, 4.69) is 22.8 Å². The van der Waals surface area contributed by atoms with Crippen LogP contribution < -0.4 is 10.6 Å². The second-order valence-corrected chi connectivity index (χ2v) is 14.0. The molecule has 0 bridgehead atoms. The van der Waals surface area contributed by atoms with Crippen molar-refractivity contribution in [1.82, 2.24) is 5.32 Å². The van der Waals surface area contributed by atoms with E-state index in [9.17, 15) is 36.0 Å². The highest BCUT2D eigenvalue weighted by molar-refractivity contribution is 7.85. The first-order valence-corrected chi connectivity index (χ1v) is 17.8. The van der Waals surface area contributed by atoms with Gasteiger partial charge in [0.25, 0.3) is 21.8 Å². The molecular formula is C40H35F3N2O6S. The number of rotatable bonds is 12. The SMILES string of the molecule is Cc1ccc(-c2ccc(NC(=O)[C@H](Cc3ccc(C(=O)NCCS(=O)(=O)O)cc3)c3ccc(-c4ccc(C(=O)C(F)(F)F)cc4)cc3)cc2)c(C)c1. The Balaban J connectivity index is 1.37. The van der Waals surface area contributed by atoms with E-state index >= 15 is 0 Å². The van der Waals surface area contributed by atoms with Crippen LogP contribution in [0.15, 0.2) is 115 Å². The van der Waals surface area contributed by atoms with Crippen molar-refractivity contribution in [1.29, 1.82) is 0 Å². The minimum Gasteiger partial charge on any atom is -0.351 e. The van der Waals surface area contributed by atoms with Crippen LogP contribution >= 0.6 is 0 Å². The lowest BCUT2D eigenvalue weighted by Gasteiger charge is -2.19. The van der Waals surface area contributed by atoms with Crippen molar-refractivity contribution >= 4 is 33.4 Å². The molecule has 0 radical (unpaired) electrons. The summed E-state index contributed by atoms with van der Waals surface area (Å²) < 4.78 is 69.4. The molecule has 5 aromatic rings. The second-order valence-electron chi connectivity index (χ2n) is 12.4. The Morgan fingerprint density at radius 1 is 0.731 bits per heavy atom. The fraction of sp³-hybridized carbons (Fsp3) is 0.175. The second kappa shape index (κ2) is 15.7. The number of carbonyl (C=O) groups is 3. The molecule has 12 heteroatoms. The van der Waals surface area contributed by atoms with Gasteiger partial charge in [-0.3, -0.25) is 18.9 Å². The normalized spacial score (nSPS) is 12.2. The van der Waals surface area contributed by atoms with Crippen LogP contribution in [0.1, 0.15) is 48.9 Å². The Morgan fingerprint density at radius 3 is 1.85 bits per heavy atom. The van der Waals surface area contributed by atoms with Gasteiger partial charge in [-0.1, -0.05) is 96.6 Å². The first-order chi connectivity index (χ1) is 24.6. The van der Waals surface area contributed by atoms with Crippen LogP contribution in [0.3, 0.4) is 0 Å². The molecule has 0 spiro atoms. The first-order valence-electron chi connectivity index (χ1n) is 16.2. The Hall–Kier alpha value is -5.59. The third-order valence-corrected chi connectivity index (χ3v) is 9.23. The molecule has 268 valence electrons. The minimum atomic E-state index is -4.97. The maximum absolute atomic E-state index is 13.9. The van der Waals surface area contributed by atoms with Crippen molar-refractivity contribution in [2.45, 2.75) is 32.4 Å². The molecule has 5 aromatic carbocycles. The number of halogens is 3. The van der Waals surface area contributed by atoms with Gasteiger partial charge < -0.3 is 10.6 Å². The molecule has 0 saturated carbocycles. The van der Waals surface area contributed by atoms with E-state index in [0.29, 0.717) is 22.4 Å². The predicted octanol–water partition coefficient (Wildman–Crippen LogP) is 7.97. The standard InChI is InChI=1S/C40H35F3N2O6S/c1-25-3-20-35(26(2)23-25)30-16-18-34(19-17-30)45-39(48)36(24-27-4-6-33(7-5-27)38(47)44-21-22-52(49,50)51)31-12-8-28(9-13-31)29-10-14-32(15-11-29)37(46)40(41,42)43/h3-20,23,36H,21-22,24H2,1-2H3,(H,44,47)(H,45,48)(H,49,50,51)/t36-/m1/s1. The van der Waals surface area contributed by atoms with Gasteiger partial charge in [-0.2, -0.15) is 21.6 Å². The molecule has 8 nitrogen and oxygen atoms in total. The summed E-state index contributed by atoms with van der Waals surface area (Å²) in [4.78, 5) is 38.0. The average Bonchev–Trinajstić information content (AvgIpc) is 3.10. The van der Waals surface area contributed by atoms with Gasteiger partial charge in [-0.05, 0) is 83.5 Å². The quantitative estimate of drug-likeness (QED) is 0.0883. The molecule has 0 saturated heterocycles. The Morgan fingerprint density at radius 2 is 1.29 bits per heavy atom. The van der Waals surface area contributed by atoms with E-state index < -0.39 is 45.2 Å². The number of hydrogen-bond donors (Lipinski definition) is 3. The number of aryl methyl sites for hydroxylation is 2. The maximum atomic E-state index is 13.9. The largest absolute Gasteiger partial charge is 0.454 e. The Kier molecular flexibility index (Phi) is 11.4. The van der Waals surface area contributed by atoms with Gasteiger partial charge in [0.1, 0.15) is 0 Å². The molecule has 2 amide bonds. The van der Waals surface area contributed by atoms with Crippen molar-refractivity contribution in [3.05, 3.63) is 149 Å². The van der Waals surface area contributed by atoms with Crippen molar-refractivity contribution in [3.63, 3.8) is 0 Å². The Bertz CT molecular complexity index is 2180. The number of carbonyl (C=O) groups excluding carboxylic acids is 3. The lowest BCUT2D eigenvalue weighted by Crippen LogP contribution is -2.28. The van der Waals surface area contributed by atoms with Crippen LogP contribution in [0.2, 0.25) is 0 Å². The molecule has 5 rings (SSSR count). The van der Waals surface area contributed by atoms with Crippen LogP contribution in [-0.2, 0) is 21.3 Å². The van der Waals surface area contributed by atoms with E-state index in [1.54, 1.807) is 48.5 Å². The van der Waals surface area contributed by atoms with E-state index in [-0.39, 0.29) is 24.4 Å². The van der Waals surface area contributed by atoms with Crippen LogP contribution in [0, 0.1) is 13.8 Å². The summed E-state index contributed by atoms with van der Waals surface area (Å²) in [6, 6.07) is 32.3. The van der Waals surface area contributed by atoms with Crippen LogP contribution in [0.4, 0.5) is 18.9 Å². The number of amides is 2. The molecule has 0 aliphatic rings. The highest BCUT2D eigenvalue weighted by Gasteiger charge is 2.39. The summed E-state index contributed by atoms with van der Waals surface area (Å²) in [6.45, 7) is 3.81. The number of hydrogen-bond acceptors (Lipinski definition) is 5. The number of alkyl halides is 3. The van der Waals surface area contributed by atoms with Gasteiger partial charge in [-0.25, -0.2) is 0 Å². The minimum absolute atomic E-state index is 0.241. The molecule has 3 N–H and O–H groups in total. The lowest BCUT2D eigenvalue weighted by molar-refractivity contribution is -0.117. The monoisotopic (exact) mass is 728 g/mol. The van der Waals surface area contributed by atoms with E-state index in [0.717, 1.165) is 39.9 Å². The summed E-state index contributed by atoms with van der Waals surface area (Å²) in [5.41, 5.74) is 7.40. The summed E-state index contributed by atoms with van der Waals surface area (Å²) in [6.07, 6.45) is -4.73. The van der Waals surface area contributed by atoms with Crippen LogP contribution in [0.5, 0.6) is 0 Å². The van der Waals surface area contributed by atoms with Crippen molar-refractivity contribution in [2.75, 3.05) is 17.6 Å². The zero-order valence-corrected chi connectivity index (χ0v) is 29.0. The Labute approximate surface area is 299 Å². The molecule has 52 heavy (non-hydrogen) atoms. The number of benzene rings is 5. The van der Waals surface area contributed by atoms with Crippen molar-refractivity contribution in [2.24, 2.45) is 0 Å². The maximum Gasteiger partial charge on any atom is 0.454 e. The average molecular weight is 729 g/mol. The summed E-state index contributed by atoms with van der Waals surface area (Å²) in [5.74, 6) is -4.07. The first kappa shape index (κ1) is 37.7. The topological polar surface area (TPSA) is 130 Å². The van der Waals surface area contributed by atoms with E-state index in [1.165, 1.54) is 12.1 Å². The summed E-state index contributed by atoms with van der Waals surface area (Å²) in [7, 11) is -4.23. The highest BCUT2D eigenvalue weighted by atomic mass is 32.2. The third-order valence-electron chi connectivity index (χ3n) is 8.51. The number of anilines is 1. The van der Waals surface area contributed by atoms with Gasteiger partial charge in [0.15, 0.2) is 0 Å². The molecule has 0 aliphatic heterocycles. The molecular weight excluding hydrogens is 694 g/mol. The molecule has 0 heterocycles. The zero-order valence-electron chi connectivity index (χ0n) is 28.2. The fourth-order valence-electron chi connectivity index (χ4n) is 5.77. The fourth-order valence-corrected chi connectivity index (χ4v) is 6.13. The smallest absolute Gasteiger partial charge is 0.351 e. The number of ketones is 1. The lowest BCUT2D eigenvalue weighted by atomic mass is 9.89. The van der Waals surface area contributed by atoms with Crippen LogP contribution in [-0.4, -0.2) is 49.0 Å². The zero-order chi connectivity index (χ0) is 37.6. The summed E-state index contributed by atoms with van der Waals surface area (Å²) >= 11 is 0. The highest BCUT2D eigenvalue weighted by Crippen LogP contribution is 2.30.